The van der Waals surface area contributed by atoms with E-state index in [1.165, 1.54) is 41.9 Å². The maximum Gasteiger partial charge on any atom is 0.328 e. The first-order valence-corrected chi connectivity index (χ1v) is 11.7. The number of piperidine rings is 1. The van der Waals surface area contributed by atoms with Crippen molar-refractivity contribution in [1.29, 1.82) is 0 Å². The van der Waals surface area contributed by atoms with Crippen molar-refractivity contribution in [2.45, 2.75) is 44.8 Å². The van der Waals surface area contributed by atoms with Gasteiger partial charge in [0.25, 0.3) is 11.5 Å². The summed E-state index contributed by atoms with van der Waals surface area (Å²) in [5.74, 6) is -2.49. The van der Waals surface area contributed by atoms with Gasteiger partial charge in [-0.2, -0.15) is 0 Å². The van der Waals surface area contributed by atoms with E-state index in [-0.39, 0.29) is 41.4 Å². The molecule has 1 saturated heterocycles. The summed E-state index contributed by atoms with van der Waals surface area (Å²) in [6.07, 6.45) is 2.38. The smallest absolute Gasteiger partial charge is 0.328 e. The molecule has 0 bridgehead atoms. The van der Waals surface area contributed by atoms with Crippen molar-refractivity contribution in [3.63, 3.8) is 0 Å². The van der Waals surface area contributed by atoms with Crippen LogP contribution in [0, 0.1) is 11.6 Å². The number of rotatable bonds is 5. The Kier molecular flexibility index (Phi) is 7.49. The number of hydrogen-bond acceptors (Lipinski definition) is 6. The van der Waals surface area contributed by atoms with Crippen LogP contribution in [0.5, 0.6) is 5.75 Å². The lowest BCUT2D eigenvalue weighted by molar-refractivity contribution is -0.147. The Labute approximate surface area is 202 Å². The van der Waals surface area contributed by atoms with Crippen molar-refractivity contribution in [3.8, 4) is 5.75 Å². The Hall–Kier alpha value is -3.27. The number of nitrogens with zero attached hydrogens (tertiary/aromatic N) is 3. The Balaban J connectivity index is 1.67. The first kappa shape index (κ1) is 24.8. The zero-order chi connectivity index (χ0) is 25.1. The standard InChI is InChI=1S/C25H29F2N3O5/c1-34-20-14-21(31)29-13-12-28(15-16-6-5-7-17(26)23(16)27)11-9-18(29)22(20)24(32)30-10-4-3-8-19(30)25(33)35-2/h5-7,14,19H,3-4,8-13,15H2,1-2H3/t19-/m0/s1. The maximum absolute atomic E-state index is 14.2. The fourth-order valence-electron chi connectivity index (χ4n) is 4.95. The van der Waals surface area contributed by atoms with E-state index in [4.69, 9.17) is 9.47 Å². The van der Waals surface area contributed by atoms with Crippen molar-refractivity contribution in [2.75, 3.05) is 33.9 Å². The van der Waals surface area contributed by atoms with Gasteiger partial charge in [0, 0.05) is 56.5 Å². The Bertz CT molecular complexity index is 1180. The second-order valence-electron chi connectivity index (χ2n) is 8.80. The lowest BCUT2D eigenvalue weighted by atomic mass is 9.99. The summed E-state index contributed by atoms with van der Waals surface area (Å²) in [7, 11) is 2.69. The first-order chi connectivity index (χ1) is 16.8. The fourth-order valence-corrected chi connectivity index (χ4v) is 4.95. The number of benzene rings is 1. The molecule has 1 aromatic heterocycles. The number of aromatic nitrogens is 1. The van der Waals surface area contributed by atoms with Crippen LogP contribution in [-0.4, -0.2) is 66.1 Å². The van der Waals surface area contributed by atoms with E-state index in [2.05, 4.69) is 0 Å². The average Bonchev–Trinajstić information content (AvgIpc) is 3.09. The summed E-state index contributed by atoms with van der Waals surface area (Å²) in [6, 6.07) is 4.66. The van der Waals surface area contributed by atoms with Gasteiger partial charge >= 0.3 is 5.97 Å². The van der Waals surface area contributed by atoms with Gasteiger partial charge in [-0.3, -0.25) is 14.5 Å². The van der Waals surface area contributed by atoms with Crippen molar-refractivity contribution in [3.05, 3.63) is 63.1 Å². The van der Waals surface area contributed by atoms with Crippen molar-refractivity contribution in [2.24, 2.45) is 0 Å². The highest BCUT2D eigenvalue weighted by atomic mass is 19.2. The molecule has 1 amide bonds. The third kappa shape index (κ3) is 4.93. The minimum Gasteiger partial charge on any atom is -0.496 e. The Morgan fingerprint density at radius 3 is 2.63 bits per heavy atom. The summed E-state index contributed by atoms with van der Waals surface area (Å²) in [5.41, 5.74) is 0.680. The zero-order valence-electron chi connectivity index (χ0n) is 19.9. The summed E-state index contributed by atoms with van der Waals surface area (Å²) < 4.78 is 39.8. The summed E-state index contributed by atoms with van der Waals surface area (Å²) >= 11 is 0. The minimum atomic E-state index is -0.906. The van der Waals surface area contributed by atoms with Crippen molar-refractivity contribution < 1.29 is 27.8 Å². The molecule has 0 aliphatic carbocycles. The zero-order valence-corrected chi connectivity index (χ0v) is 19.9. The highest BCUT2D eigenvalue weighted by molar-refractivity contribution is 6.00. The molecule has 4 rings (SSSR count). The van der Waals surface area contributed by atoms with E-state index >= 15 is 0 Å². The van der Waals surface area contributed by atoms with Crippen LogP contribution in [0.15, 0.2) is 29.1 Å². The number of fused-ring (bicyclic) bond motifs is 1. The van der Waals surface area contributed by atoms with Gasteiger partial charge in [-0.15, -0.1) is 0 Å². The molecule has 0 spiro atoms. The van der Waals surface area contributed by atoms with E-state index in [9.17, 15) is 23.2 Å². The molecular weight excluding hydrogens is 460 g/mol. The van der Waals surface area contributed by atoms with Gasteiger partial charge in [0.2, 0.25) is 0 Å². The van der Waals surface area contributed by atoms with Gasteiger partial charge in [-0.05, 0) is 25.3 Å². The number of likely N-dealkylation sites (tertiary alicyclic amines) is 1. The average molecular weight is 490 g/mol. The Morgan fingerprint density at radius 1 is 1.09 bits per heavy atom. The molecule has 0 saturated carbocycles. The van der Waals surface area contributed by atoms with Crippen LogP contribution in [0.1, 0.15) is 40.9 Å². The van der Waals surface area contributed by atoms with E-state index < -0.39 is 23.6 Å². The van der Waals surface area contributed by atoms with Crippen LogP contribution in [0.4, 0.5) is 8.78 Å². The van der Waals surface area contributed by atoms with Gasteiger partial charge in [-0.25, -0.2) is 13.6 Å². The topological polar surface area (TPSA) is 81.1 Å². The van der Waals surface area contributed by atoms with E-state index in [0.29, 0.717) is 38.2 Å². The first-order valence-electron chi connectivity index (χ1n) is 11.7. The van der Waals surface area contributed by atoms with Crippen LogP contribution in [0.25, 0.3) is 0 Å². The molecule has 0 radical (unpaired) electrons. The van der Waals surface area contributed by atoms with Gasteiger partial charge in [0.15, 0.2) is 11.6 Å². The highest BCUT2D eigenvalue weighted by Gasteiger charge is 2.36. The lowest BCUT2D eigenvalue weighted by Gasteiger charge is -2.34. The summed E-state index contributed by atoms with van der Waals surface area (Å²) in [6.45, 7) is 1.67. The van der Waals surface area contributed by atoms with Crippen LogP contribution in [0.2, 0.25) is 0 Å². The number of esters is 1. The summed E-state index contributed by atoms with van der Waals surface area (Å²) in [4.78, 5) is 42.5. The highest BCUT2D eigenvalue weighted by Crippen LogP contribution is 2.28. The molecule has 3 heterocycles. The SMILES string of the molecule is COC(=O)[C@@H]1CCCCN1C(=O)c1c(OC)cc(=O)n2c1CCN(Cc1cccc(F)c1F)CC2. The normalized spacial score (nSPS) is 18.5. The number of halogens is 2. The minimum absolute atomic E-state index is 0.157. The van der Waals surface area contributed by atoms with Crippen LogP contribution >= 0.6 is 0 Å². The molecule has 0 unspecified atom stereocenters. The molecule has 1 atom stereocenters. The largest absolute Gasteiger partial charge is 0.496 e. The molecule has 188 valence electrons. The van der Waals surface area contributed by atoms with E-state index in [1.807, 2.05) is 4.90 Å². The monoisotopic (exact) mass is 489 g/mol. The predicted molar refractivity (Wildman–Crippen MR) is 123 cm³/mol. The maximum atomic E-state index is 14.2. The number of hydrogen-bond donors (Lipinski definition) is 0. The summed E-state index contributed by atoms with van der Waals surface area (Å²) in [5, 5.41) is 0. The third-order valence-corrected chi connectivity index (χ3v) is 6.78. The van der Waals surface area contributed by atoms with Crippen LogP contribution < -0.4 is 10.3 Å². The second kappa shape index (κ2) is 10.6. The third-order valence-electron chi connectivity index (χ3n) is 6.78. The second-order valence-corrected chi connectivity index (χ2v) is 8.80. The molecule has 1 fully saturated rings. The molecule has 2 aliphatic heterocycles. The molecular formula is C25H29F2N3O5. The lowest BCUT2D eigenvalue weighted by Crippen LogP contribution is -2.49. The number of carbonyl (C=O) groups excluding carboxylic acids is 2. The van der Waals surface area contributed by atoms with Gasteiger partial charge in [-0.1, -0.05) is 12.1 Å². The number of ether oxygens (including phenoxy) is 2. The number of pyridine rings is 1. The molecule has 10 heteroatoms. The van der Waals surface area contributed by atoms with E-state index in [1.54, 1.807) is 0 Å². The predicted octanol–water partition coefficient (Wildman–Crippen LogP) is 2.36. The van der Waals surface area contributed by atoms with E-state index in [0.717, 1.165) is 18.9 Å². The molecule has 8 nitrogen and oxygen atoms in total. The number of carbonyl (C=O) groups is 2. The van der Waals surface area contributed by atoms with Crippen molar-refractivity contribution in [1.82, 2.24) is 14.4 Å². The van der Waals surface area contributed by atoms with Gasteiger partial charge in [0.05, 0.1) is 14.2 Å². The Morgan fingerprint density at radius 2 is 1.89 bits per heavy atom. The number of methoxy groups -OCH3 is 2. The molecule has 2 aromatic rings. The van der Waals surface area contributed by atoms with Gasteiger partial charge < -0.3 is 18.9 Å². The molecule has 0 N–H and O–H groups in total. The van der Waals surface area contributed by atoms with Gasteiger partial charge in [0.1, 0.15) is 17.4 Å². The number of amides is 1. The van der Waals surface area contributed by atoms with Crippen LogP contribution in [-0.2, 0) is 29.0 Å². The quantitative estimate of drug-likeness (QED) is 0.600. The van der Waals surface area contributed by atoms with Crippen LogP contribution in [0.3, 0.4) is 0 Å². The fraction of sp³-hybridized carbons (Fsp3) is 0.480. The molecule has 35 heavy (non-hydrogen) atoms. The van der Waals surface area contributed by atoms with Crippen molar-refractivity contribution >= 4 is 11.9 Å². The molecule has 2 aliphatic rings. The molecule has 1 aromatic carbocycles.